The lowest BCUT2D eigenvalue weighted by atomic mass is 9.68. The molecule has 186 valence electrons. The van der Waals surface area contributed by atoms with Gasteiger partial charge in [0.2, 0.25) is 0 Å². The summed E-state index contributed by atoms with van der Waals surface area (Å²) in [5.74, 6) is 0.782. The molecule has 36 heavy (non-hydrogen) atoms. The van der Waals surface area contributed by atoms with Gasteiger partial charge in [-0.3, -0.25) is 9.59 Å². The number of esters is 1. The Morgan fingerprint density at radius 1 is 1.06 bits per heavy atom. The number of anilines is 1. The molecule has 0 amide bonds. The molecule has 0 fully saturated rings. The van der Waals surface area contributed by atoms with Crippen LogP contribution in [-0.2, 0) is 9.59 Å². The van der Waals surface area contributed by atoms with Gasteiger partial charge in [-0.15, -0.1) is 0 Å². The third-order valence-electron chi connectivity index (χ3n) is 7.22. The van der Waals surface area contributed by atoms with Gasteiger partial charge in [0.1, 0.15) is 0 Å². The molecule has 0 saturated heterocycles. The number of fused-ring (bicyclic) bond motifs is 4. The lowest BCUT2D eigenvalue weighted by Crippen LogP contribution is -2.33. The molecule has 1 aliphatic carbocycles. The number of unbranched alkanes of at least 4 members (excludes halogenated alkanes) is 1. The van der Waals surface area contributed by atoms with Gasteiger partial charge in [0.15, 0.2) is 17.3 Å². The number of rotatable bonds is 6. The van der Waals surface area contributed by atoms with Crippen molar-refractivity contribution in [3.8, 4) is 11.5 Å². The number of allylic oxidation sites excluding steroid dienone is 1. The summed E-state index contributed by atoms with van der Waals surface area (Å²) >= 11 is 0. The summed E-state index contributed by atoms with van der Waals surface area (Å²) in [6, 6.07) is 17.8. The van der Waals surface area contributed by atoms with E-state index >= 15 is 0 Å². The number of nitrogens with one attached hydrogen (secondary N) is 1. The van der Waals surface area contributed by atoms with E-state index in [1.54, 1.807) is 13.2 Å². The highest BCUT2D eigenvalue weighted by Gasteiger charge is 2.41. The molecule has 0 bridgehead atoms. The van der Waals surface area contributed by atoms with Crippen molar-refractivity contribution in [2.24, 2.45) is 5.41 Å². The predicted octanol–water partition coefficient (Wildman–Crippen LogP) is 7.25. The average Bonchev–Trinajstić information content (AvgIpc) is 2.86. The zero-order chi connectivity index (χ0) is 25.4. The fourth-order valence-corrected chi connectivity index (χ4v) is 5.53. The predicted molar refractivity (Wildman–Crippen MR) is 143 cm³/mol. The van der Waals surface area contributed by atoms with E-state index in [4.69, 9.17) is 9.47 Å². The Labute approximate surface area is 212 Å². The molecule has 5 rings (SSSR count). The summed E-state index contributed by atoms with van der Waals surface area (Å²) in [6.07, 6.45) is 3.43. The number of hydrogen-bond acceptors (Lipinski definition) is 5. The van der Waals surface area contributed by atoms with Crippen molar-refractivity contribution >= 4 is 33.8 Å². The molecule has 1 N–H and O–H groups in total. The number of carbonyl (C=O) groups excluding carboxylic acids is 2. The first-order valence-electron chi connectivity index (χ1n) is 12.7. The van der Waals surface area contributed by atoms with Crippen LogP contribution in [0.15, 0.2) is 60.2 Å². The van der Waals surface area contributed by atoms with Crippen LogP contribution in [0.3, 0.4) is 0 Å². The standard InChI is InChI=1S/C31H33NO4/c1-5-6-11-27(34)36-25-15-13-20(16-26(25)35-4)30-29-22(17-31(2,3)18-24(29)33)28-21-10-8-7-9-19(21)12-14-23(28)32-30/h7-10,12-16,30,32H,5-6,11,17-18H2,1-4H3/t30-/m0/s1. The number of methoxy groups -OCH3 is 1. The van der Waals surface area contributed by atoms with Crippen molar-refractivity contribution in [2.45, 2.75) is 58.9 Å². The first-order chi connectivity index (χ1) is 17.3. The van der Waals surface area contributed by atoms with Gasteiger partial charge in [-0.2, -0.15) is 0 Å². The fraction of sp³-hybridized carbons (Fsp3) is 0.355. The van der Waals surface area contributed by atoms with Crippen LogP contribution in [0.4, 0.5) is 5.69 Å². The maximum atomic E-state index is 13.6. The fourth-order valence-electron chi connectivity index (χ4n) is 5.53. The van der Waals surface area contributed by atoms with Crippen molar-refractivity contribution < 1.29 is 19.1 Å². The van der Waals surface area contributed by atoms with E-state index in [-0.39, 0.29) is 23.2 Å². The molecular weight excluding hydrogens is 450 g/mol. The first-order valence-corrected chi connectivity index (χ1v) is 12.7. The largest absolute Gasteiger partial charge is 0.493 e. The summed E-state index contributed by atoms with van der Waals surface area (Å²) in [5.41, 5.74) is 4.90. The third-order valence-corrected chi connectivity index (χ3v) is 7.22. The quantitative estimate of drug-likeness (QED) is 0.295. The van der Waals surface area contributed by atoms with Crippen LogP contribution >= 0.6 is 0 Å². The SMILES string of the molecule is CCCCC(=O)Oc1ccc([C@@H]2Nc3ccc4ccccc4c3C3=C2C(=O)CC(C)(C)C3)cc1OC. The van der Waals surface area contributed by atoms with Crippen LogP contribution in [0.1, 0.15) is 70.0 Å². The van der Waals surface area contributed by atoms with Crippen LogP contribution in [0, 0.1) is 5.41 Å². The maximum Gasteiger partial charge on any atom is 0.311 e. The lowest BCUT2D eigenvalue weighted by molar-refractivity contribution is -0.134. The smallest absolute Gasteiger partial charge is 0.311 e. The molecule has 0 spiro atoms. The molecule has 0 saturated carbocycles. The van der Waals surface area contributed by atoms with E-state index in [9.17, 15) is 9.59 Å². The highest BCUT2D eigenvalue weighted by atomic mass is 16.6. The van der Waals surface area contributed by atoms with E-state index in [0.29, 0.717) is 24.3 Å². The highest BCUT2D eigenvalue weighted by Crippen LogP contribution is 2.52. The molecular formula is C31H33NO4. The number of ether oxygens (including phenoxy) is 2. The number of hydrogen-bond donors (Lipinski definition) is 1. The van der Waals surface area contributed by atoms with Gasteiger partial charge < -0.3 is 14.8 Å². The Morgan fingerprint density at radius 2 is 1.86 bits per heavy atom. The highest BCUT2D eigenvalue weighted by molar-refractivity contribution is 6.12. The topological polar surface area (TPSA) is 64.6 Å². The van der Waals surface area contributed by atoms with E-state index in [2.05, 4.69) is 49.5 Å². The van der Waals surface area contributed by atoms with Crippen molar-refractivity contribution in [1.82, 2.24) is 0 Å². The minimum Gasteiger partial charge on any atom is -0.493 e. The van der Waals surface area contributed by atoms with Gasteiger partial charge >= 0.3 is 5.97 Å². The summed E-state index contributed by atoms with van der Waals surface area (Å²) in [5, 5.41) is 5.98. The Kier molecular flexibility index (Phi) is 6.33. The Morgan fingerprint density at radius 3 is 2.64 bits per heavy atom. The van der Waals surface area contributed by atoms with Crippen LogP contribution in [0.25, 0.3) is 16.3 Å². The summed E-state index contributed by atoms with van der Waals surface area (Å²) in [6.45, 7) is 6.37. The van der Waals surface area contributed by atoms with Crippen LogP contribution in [0.5, 0.6) is 11.5 Å². The van der Waals surface area contributed by atoms with Crippen molar-refractivity contribution in [1.29, 1.82) is 0 Å². The Hall–Kier alpha value is -3.60. The second-order valence-electron chi connectivity index (χ2n) is 10.6. The van der Waals surface area contributed by atoms with Gasteiger partial charge in [-0.1, -0.05) is 63.6 Å². The van der Waals surface area contributed by atoms with Gasteiger partial charge in [-0.25, -0.2) is 0 Å². The zero-order valence-corrected chi connectivity index (χ0v) is 21.4. The minimum atomic E-state index is -0.309. The van der Waals surface area contributed by atoms with Gasteiger partial charge in [0, 0.05) is 29.7 Å². The number of carbonyl (C=O) groups is 2. The van der Waals surface area contributed by atoms with Crippen molar-refractivity contribution in [3.05, 3.63) is 71.3 Å². The number of ketones is 1. The van der Waals surface area contributed by atoms with Crippen LogP contribution in [0.2, 0.25) is 0 Å². The second-order valence-corrected chi connectivity index (χ2v) is 10.6. The molecule has 1 atom stereocenters. The lowest BCUT2D eigenvalue weighted by Gasteiger charge is -2.40. The molecule has 0 unspecified atom stereocenters. The molecule has 1 heterocycles. The number of Topliss-reactive ketones (excluding diaryl/α,β-unsaturated/α-hetero) is 1. The minimum absolute atomic E-state index is 0.111. The molecule has 1 aliphatic heterocycles. The molecule has 5 heteroatoms. The van der Waals surface area contributed by atoms with Gasteiger partial charge in [0.05, 0.1) is 13.2 Å². The van der Waals surface area contributed by atoms with E-state index in [0.717, 1.165) is 58.0 Å². The molecule has 3 aromatic carbocycles. The molecule has 0 radical (unpaired) electrons. The summed E-state index contributed by atoms with van der Waals surface area (Å²) in [7, 11) is 1.57. The van der Waals surface area contributed by atoms with Crippen molar-refractivity contribution in [2.75, 3.05) is 12.4 Å². The van der Waals surface area contributed by atoms with E-state index < -0.39 is 0 Å². The second kappa shape index (κ2) is 9.45. The Bertz CT molecular complexity index is 1380. The maximum absolute atomic E-state index is 13.6. The van der Waals surface area contributed by atoms with E-state index in [1.165, 1.54) is 0 Å². The molecule has 3 aromatic rings. The zero-order valence-electron chi connectivity index (χ0n) is 21.4. The average molecular weight is 484 g/mol. The molecule has 0 aromatic heterocycles. The normalized spacial score (nSPS) is 18.3. The molecule has 2 aliphatic rings. The van der Waals surface area contributed by atoms with E-state index in [1.807, 2.05) is 25.1 Å². The summed E-state index contributed by atoms with van der Waals surface area (Å²) < 4.78 is 11.2. The van der Waals surface area contributed by atoms with Gasteiger partial charge in [-0.05, 0) is 58.4 Å². The third kappa shape index (κ3) is 4.39. The first kappa shape index (κ1) is 24.1. The van der Waals surface area contributed by atoms with Crippen molar-refractivity contribution in [3.63, 3.8) is 0 Å². The van der Waals surface area contributed by atoms with Crippen LogP contribution < -0.4 is 14.8 Å². The number of benzene rings is 3. The van der Waals surface area contributed by atoms with Crippen LogP contribution in [-0.4, -0.2) is 18.9 Å². The molecule has 5 nitrogen and oxygen atoms in total. The monoisotopic (exact) mass is 483 g/mol. The Balaban J connectivity index is 1.61. The van der Waals surface area contributed by atoms with Gasteiger partial charge in [0.25, 0.3) is 0 Å². The summed E-state index contributed by atoms with van der Waals surface area (Å²) in [4.78, 5) is 25.9.